The number of esters is 2. The number of carbonyl (C=O) groups excluding carboxylic acids is 2. The zero-order valence-corrected chi connectivity index (χ0v) is 18.8. The summed E-state index contributed by atoms with van der Waals surface area (Å²) in [4.78, 5) is 42.8. The molecule has 1 aliphatic rings. The van der Waals surface area contributed by atoms with Crippen molar-refractivity contribution < 1.29 is 23.5 Å². The Balaban J connectivity index is 1.92. The number of fused-ring (bicyclic) bond motifs is 1. The van der Waals surface area contributed by atoms with E-state index in [4.69, 9.17) is 9.47 Å². The maximum atomic E-state index is 13.4. The Bertz CT molecular complexity index is 1450. The van der Waals surface area contributed by atoms with E-state index >= 15 is 0 Å². The molecule has 0 spiro atoms. The number of ether oxygens (including phenoxy) is 2. The minimum absolute atomic E-state index is 0.226. The van der Waals surface area contributed by atoms with Gasteiger partial charge in [0.05, 0.1) is 41.6 Å². The van der Waals surface area contributed by atoms with Crippen LogP contribution in [-0.4, -0.2) is 30.7 Å². The summed E-state index contributed by atoms with van der Waals surface area (Å²) in [6.07, 6.45) is 1.65. The zero-order valence-electron chi connectivity index (χ0n) is 18.0. The summed E-state index contributed by atoms with van der Waals surface area (Å²) in [5.41, 5.74) is 1.91. The van der Waals surface area contributed by atoms with Crippen LogP contribution in [0.15, 0.2) is 69.6 Å². The van der Waals surface area contributed by atoms with E-state index in [2.05, 4.69) is 4.99 Å². The Hall–Kier alpha value is -3.85. The second-order valence-electron chi connectivity index (χ2n) is 7.24. The van der Waals surface area contributed by atoms with Gasteiger partial charge < -0.3 is 9.47 Å². The summed E-state index contributed by atoms with van der Waals surface area (Å²) in [7, 11) is 2.55. The number of methoxy groups -OCH3 is 2. The smallest absolute Gasteiger partial charge is 0.338 e. The van der Waals surface area contributed by atoms with Crippen LogP contribution >= 0.6 is 11.3 Å². The molecule has 1 aliphatic heterocycles. The van der Waals surface area contributed by atoms with Crippen molar-refractivity contribution in [3.05, 3.63) is 102 Å². The van der Waals surface area contributed by atoms with Gasteiger partial charge in [-0.05, 0) is 48.4 Å². The summed E-state index contributed by atoms with van der Waals surface area (Å²) < 4.78 is 24.8. The van der Waals surface area contributed by atoms with E-state index in [9.17, 15) is 18.8 Å². The van der Waals surface area contributed by atoms with Crippen molar-refractivity contribution in [1.29, 1.82) is 0 Å². The van der Waals surface area contributed by atoms with Crippen molar-refractivity contribution in [2.75, 3.05) is 14.2 Å². The van der Waals surface area contributed by atoms with Gasteiger partial charge in [-0.25, -0.2) is 19.0 Å². The Labute approximate surface area is 191 Å². The van der Waals surface area contributed by atoms with Crippen LogP contribution in [0.5, 0.6) is 0 Å². The fourth-order valence-electron chi connectivity index (χ4n) is 3.64. The minimum Gasteiger partial charge on any atom is -0.466 e. The molecule has 1 unspecified atom stereocenters. The van der Waals surface area contributed by atoms with Gasteiger partial charge in [-0.1, -0.05) is 35.6 Å². The van der Waals surface area contributed by atoms with Gasteiger partial charge in [-0.15, -0.1) is 0 Å². The number of halogens is 1. The highest BCUT2D eigenvalue weighted by Gasteiger charge is 2.33. The fourth-order valence-corrected chi connectivity index (χ4v) is 4.68. The van der Waals surface area contributed by atoms with E-state index in [1.165, 1.54) is 42.3 Å². The first kappa shape index (κ1) is 22.3. The Morgan fingerprint density at radius 2 is 1.67 bits per heavy atom. The topological polar surface area (TPSA) is 87.0 Å². The molecular weight excluding hydrogens is 447 g/mol. The summed E-state index contributed by atoms with van der Waals surface area (Å²) in [6.45, 7) is 1.68. The predicted octanol–water partition coefficient (Wildman–Crippen LogP) is 2.33. The van der Waals surface area contributed by atoms with E-state index in [1.54, 1.807) is 49.4 Å². The van der Waals surface area contributed by atoms with Crippen molar-refractivity contribution >= 4 is 29.4 Å². The lowest BCUT2D eigenvalue weighted by Gasteiger charge is -2.24. The summed E-state index contributed by atoms with van der Waals surface area (Å²) in [5.74, 6) is -1.47. The van der Waals surface area contributed by atoms with Crippen LogP contribution in [0.4, 0.5) is 4.39 Å². The third kappa shape index (κ3) is 4.14. The molecule has 4 rings (SSSR count). The zero-order chi connectivity index (χ0) is 23.7. The number of rotatable bonds is 4. The molecule has 0 N–H and O–H groups in total. The third-order valence-electron chi connectivity index (χ3n) is 5.24. The quantitative estimate of drug-likeness (QED) is 0.551. The highest BCUT2D eigenvalue weighted by atomic mass is 32.1. The average Bonchev–Trinajstić information content (AvgIpc) is 3.13. The maximum absolute atomic E-state index is 13.4. The summed E-state index contributed by atoms with van der Waals surface area (Å²) in [5, 5.41) is 0. The molecule has 0 saturated heterocycles. The lowest BCUT2D eigenvalue weighted by molar-refractivity contribution is -0.136. The summed E-state index contributed by atoms with van der Waals surface area (Å²) in [6, 6.07) is 11.4. The van der Waals surface area contributed by atoms with Gasteiger partial charge in [0.2, 0.25) is 0 Å². The van der Waals surface area contributed by atoms with Crippen LogP contribution in [0, 0.1) is 5.82 Å². The number of allylic oxidation sites excluding steroid dienone is 1. The molecule has 7 nitrogen and oxygen atoms in total. The van der Waals surface area contributed by atoms with Crippen molar-refractivity contribution in [3.8, 4) is 0 Å². The fraction of sp³-hybridized carbons (Fsp3) is 0.167. The molecule has 0 radical (unpaired) electrons. The average molecular weight is 466 g/mol. The molecule has 1 atom stereocenters. The number of thiazole rings is 1. The van der Waals surface area contributed by atoms with Crippen LogP contribution < -0.4 is 14.9 Å². The van der Waals surface area contributed by atoms with Gasteiger partial charge in [-0.3, -0.25) is 9.36 Å². The molecule has 2 heterocycles. The van der Waals surface area contributed by atoms with Gasteiger partial charge in [0.1, 0.15) is 5.82 Å². The molecular formula is C24H19FN2O5S. The van der Waals surface area contributed by atoms with Gasteiger partial charge >= 0.3 is 11.9 Å². The maximum Gasteiger partial charge on any atom is 0.338 e. The van der Waals surface area contributed by atoms with Crippen molar-refractivity contribution in [2.45, 2.75) is 13.0 Å². The molecule has 2 aromatic carbocycles. The lowest BCUT2D eigenvalue weighted by atomic mass is 9.95. The number of hydrogen-bond donors (Lipinski definition) is 0. The number of aromatic nitrogens is 1. The van der Waals surface area contributed by atoms with Crippen molar-refractivity contribution in [1.82, 2.24) is 4.57 Å². The first-order valence-electron chi connectivity index (χ1n) is 9.88. The number of carbonyl (C=O) groups is 2. The SMILES string of the molecule is COC(=O)C1=C(C)N=c2sc(=Cc3ccc(F)cc3)c(=O)n2C1c1ccc(C(=O)OC)cc1. The highest BCUT2D eigenvalue weighted by Crippen LogP contribution is 2.30. The molecule has 168 valence electrons. The highest BCUT2D eigenvalue weighted by molar-refractivity contribution is 7.07. The Morgan fingerprint density at radius 3 is 2.27 bits per heavy atom. The standard InChI is InChI=1S/C24H19FN2O5S/c1-13-19(23(30)32-3)20(15-6-8-16(9-7-15)22(29)31-2)27-21(28)18(33-24(27)26-13)12-14-4-10-17(25)11-5-14/h4-12,20H,1-3H3. The van der Waals surface area contributed by atoms with Crippen LogP contribution in [0.3, 0.4) is 0 Å². The minimum atomic E-state index is -0.796. The molecule has 0 fully saturated rings. The molecule has 0 bridgehead atoms. The van der Waals surface area contributed by atoms with Crippen LogP contribution in [0.1, 0.15) is 34.5 Å². The second kappa shape index (κ2) is 8.95. The molecule has 3 aromatic rings. The molecule has 1 aromatic heterocycles. The van der Waals surface area contributed by atoms with E-state index < -0.39 is 18.0 Å². The van der Waals surface area contributed by atoms with Crippen LogP contribution in [-0.2, 0) is 14.3 Å². The van der Waals surface area contributed by atoms with Gasteiger partial charge in [0.15, 0.2) is 4.80 Å². The normalized spacial score (nSPS) is 15.6. The van der Waals surface area contributed by atoms with E-state index in [1.807, 2.05) is 0 Å². The van der Waals surface area contributed by atoms with E-state index in [-0.39, 0.29) is 16.9 Å². The second-order valence-corrected chi connectivity index (χ2v) is 8.25. The molecule has 33 heavy (non-hydrogen) atoms. The number of nitrogens with zero attached hydrogens (tertiary/aromatic N) is 2. The van der Waals surface area contributed by atoms with E-state index in [0.717, 1.165) is 0 Å². The molecule has 0 saturated carbocycles. The van der Waals surface area contributed by atoms with Gasteiger partial charge in [0, 0.05) is 0 Å². The predicted molar refractivity (Wildman–Crippen MR) is 120 cm³/mol. The first-order valence-corrected chi connectivity index (χ1v) is 10.7. The molecule has 0 aliphatic carbocycles. The van der Waals surface area contributed by atoms with Crippen LogP contribution in [0.25, 0.3) is 6.08 Å². The van der Waals surface area contributed by atoms with E-state index in [0.29, 0.717) is 31.7 Å². The number of hydrogen-bond acceptors (Lipinski definition) is 7. The third-order valence-corrected chi connectivity index (χ3v) is 6.23. The monoisotopic (exact) mass is 466 g/mol. The van der Waals surface area contributed by atoms with Crippen LogP contribution in [0.2, 0.25) is 0 Å². The Morgan fingerprint density at radius 1 is 1.03 bits per heavy atom. The first-order chi connectivity index (χ1) is 15.8. The van der Waals surface area contributed by atoms with Crippen molar-refractivity contribution in [3.63, 3.8) is 0 Å². The molecule has 0 amide bonds. The molecule has 9 heteroatoms. The number of benzene rings is 2. The largest absolute Gasteiger partial charge is 0.466 e. The van der Waals surface area contributed by atoms with Gasteiger partial charge in [0.25, 0.3) is 5.56 Å². The Kier molecular flexibility index (Phi) is 6.06. The summed E-state index contributed by atoms with van der Waals surface area (Å²) >= 11 is 1.17. The lowest BCUT2D eigenvalue weighted by Crippen LogP contribution is -2.39. The van der Waals surface area contributed by atoms with Crippen molar-refractivity contribution in [2.24, 2.45) is 4.99 Å². The van der Waals surface area contributed by atoms with Gasteiger partial charge in [-0.2, -0.15) is 0 Å².